The van der Waals surface area contributed by atoms with E-state index in [2.05, 4.69) is 23.2 Å². The minimum absolute atomic E-state index is 0.0198. The van der Waals surface area contributed by atoms with Crippen LogP contribution in [0.1, 0.15) is 37.3 Å². The Labute approximate surface area is 156 Å². The maximum Gasteiger partial charge on any atom is 0.317 e. The largest absolute Gasteiger partial charge is 0.480 e. The summed E-state index contributed by atoms with van der Waals surface area (Å²) in [6.45, 7) is 6.25. The number of aryl methyl sites for hydroxylation is 2. The monoisotopic (exact) mass is 361 g/mol. The van der Waals surface area contributed by atoms with Gasteiger partial charge in [-0.25, -0.2) is 0 Å². The Bertz CT molecular complexity index is 633. The molecular formula is C20H31N3O3. The molecular weight excluding hydrogens is 330 g/mol. The van der Waals surface area contributed by atoms with E-state index in [0.29, 0.717) is 6.54 Å². The maximum absolute atomic E-state index is 12.5. The van der Waals surface area contributed by atoms with Crippen LogP contribution in [0, 0.1) is 6.92 Å². The predicted octanol–water partition coefficient (Wildman–Crippen LogP) is 2.37. The third-order valence-electron chi connectivity index (χ3n) is 5.17. The van der Waals surface area contributed by atoms with Crippen molar-refractivity contribution in [3.05, 3.63) is 29.3 Å². The molecule has 6 nitrogen and oxygen atoms in total. The van der Waals surface area contributed by atoms with Crippen LogP contribution in [0.2, 0.25) is 0 Å². The second-order valence-corrected chi connectivity index (χ2v) is 7.18. The van der Waals surface area contributed by atoms with Gasteiger partial charge in [0.2, 0.25) is 5.91 Å². The fourth-order valence-corrected chi connectivity index (χ4v) is 3.66. The molecule has 2 N–H and O–H groups in total. The molecule has 1 atom stereocenters. The first kappa shape index (κ1) is 20.4. The van der Waals surface area contributed by atoms with Gasteiger partial charge in [-0.1, -0.05) is 25.1 Å². The number of nitrogens with one attached hydrogen (secondary N) is 1. The van der Waals surface area contributed by atoms with Crippen LogP contribution < -0.4 is 5.32 Å². The van der Waals surface area contributed by atoms with Gasteiger partial charge in [0.15, 0.2) is 0 Å². The second-order valence-electron chi connectivity index (χ2n) is 7.18. The van der Waals surface area contributed by atoms with Gasteiger partial charge in [-0.3, -0.25) is 19.4 Å². The first-order chi connectivity index (χ1) is 12.4. The van der Waals surface area contributed by atoms with Gasteiger partial charge in [-0.05, 0) is 57.3 Å². The molecule has 1 aromatic carbocycles. The van der Waals surface area contributed by atoms with E-state index in [-0.39, 0.29) is 18.5 Å². The molecule has 1 heterocycles. The average molecular weight is 361 g/mol. The Kier molecular flexibility index (Phi) is 7.60. The second kappa shape index (κ2) is 9.69. The minimum Gasteiger partial charge on any atom is -0.480 e. The summed E-state index contributed by atoms with van der Waals surface area (Å²) in [6.07, 6.45) is 3.73. The van der Waals surface area contributed by atoms with Crippen molar-refractivity contribution >= 4 is 17.6 Å². The smallest absolute Gasteiger partial charge is 0.317 e. The first-order valence-electron chi connectivity index (χ1n) is 9.43. The highest BCUT2D eigenvalue weighted by molar-refractivity contribution is 5.93. The first-order valence-corrected chi connectivity index (χ1v) is 9.43. The van der Waals surface area contributed by atoms with Crippen molar-refractivity contribution in [1.82, 2.24) is 9.80 Å². The van der Waals surface area contributed by atoms with Gasteiger partial charge in [0.25, 0.3) is 0 Å². The summed E-state index contributed by atoms with van der Waals surface area (Å²) in [5.41, 5.74) is 3.18. The van der Waals surface area contributed by atoms with E-state index in [1.54, 1.807) is 0 Å². The molecule has 0 spiro atoms. The molecule has 1 aromatic rings. The number of likely N-dealkylation sites (tertiary alicyclic amines) is 1. The van der Waals surface area contributed by atoms with Gasteiger partial charge in [0.1, 0.15) is 0 Å². The summed E-state index contributed by atoms with van der Waals surface area (Å²) in [6, 6.07) is 6.36. The fraction of sp³-hybridized carbons (Fsp3) is 0.600. The van der Waals surface area contributed by atoms with Crippen molar-refractivity contribution in [2.24, 2.45) is 0 Å². The topological polar surface area (TPSA) is 72.9 Å². The SMILES string of the molecule is CCc1cccc(C)c1NC(=O)CN1CCCC(N(C)CC(=O)O)CC1. The number of carbonyl (C=O) groups excluding carboxylic acids is 1. The van der Waals surface area contributed by atoms with E-state index in [1.807, 2.05) is 31.0 Å². The lowest BCUT2D eigenvalue weighted by molar-refractivity contribution is -0.138. The van der Waals surface area contributed by atoms with Crippen LogP contribution in [-0.2, 0) is 16.0 Å². The third kappa shape index (κ3) is 5.81. The molecule has 144 valence electrons. The standard InChI is InChI=1S/C20H31N3O3/c1-4-16-8-5-7-15(2)20(16)21-18(24)13-23-11-6-9-17(10-12-23)22(3)14-19(25)26/h5,7-8,17H,4,6,9-14H2,1-3H3,(H,21,24)(H,25,26). The van der Waals surface area contributed by atoms with E-state index in [9.17, 15) is 9.59 Å². The molecule has 1 aliphatic heterocycles. The number of carboxylic acid groups (broad SMARTS) is 1. The number of nitrogens with zero attached hydrogens (tertiary/aromatic N) is 2. The summed E-state index contributed by atoms with van der Waals surface area (Å²) >= 11 is 0. The maximum atomic E-state index is 12.5. The van der Waals surface area contributed by atoms with Crippen LogP contribution in [0.4, 0.5) is 5.69 Å². The van der Waals surface area contributed by atoms with Gasteiger partial charge in [0.05, 0.1) is 13.1 Å². The molecule has 1 unspecified atom stereocenters. The molecule has 26 heavy (non-hydrogen) atoms. The molecule has 0 saturated carbocycles. The van der Waals surface area contributed by atoms with E-state index >= 15 is 0 Å². The molecule has 1 amide bonds. The van der Waals surface area contributed by atoms with Gasteiger partial charge in [0, 0.05) is 18.3 Å². The number of amides is 1. The highest BCUT2D eigenvalue weighted by Crippen LogP contribution is 2.21. The zero-order valence-corrected chi connectivity index (χ0v) is 16.1. The molecule has 0 bridgehead atoms. The van der Waals surface area contributed by atoms with Crippen molar-refractivity contribution in [3.63, 3.8) is 0 Å². The molecule has 0 aromatic heterocycles. The van der Waals surface area contributed by atoms with Crippen LogP contribution in [0.15, 0.2) is 18.2 Å². The van der Waals surface area contributed by atoms with E-state index in [1.165, 1.54) is 0 Å². The summed E-state index contributed by atoms with van der Waals surface area (Å²) in [5.74, 6) is -0.774. The Hall–Kier alpha value is -1.92. The molecule has 1 aliphatic rings. The third-order valence-corrected chi connectivity index (χ3v) is 5.17. The number of benzene rings is 1. The van der Waals surface area contributed by atoms with E-state index in [4.69, 9.17) is 5.11 Å². The van der Waals surface area contributed by atoms with Crippen LogP contribution >= 0.6 is 0 Å². The summed E-state index contributed by atoms with van der Waals surface area (Å²) < 4.78 is 0. The lowest BCUT2D eigenvalue weighted by Gasteiger charge is -2.25. The Balaban J connectivity index is 1.89. The van der Waals surface area contributed by atoms with Gasteiger partial charge in [-0.15, -0.1) is 0 Å². The van der Waals surface area contributed by atoms with Crippen molar-refractivity contribution in [1.29, 1.82) is 0 Å². The highest BCUT2D eigenvalue weighted by atomic mass is 16.4. The normalized spacial score (nSPS) is 18.5. The zero-order valence-electron chi connectivity index (χ0n) is 16.1. The average Bonchev–Trinajstić information content (AvgIpc) is 2.81. The van der Waals surface area contributed by atoms with Crippen molar-refractivity contribution in [2.75, 3.05) is 38.5 Å². The molecule has 6 heteroatoms. The lowest BCUT2D eigenvalue weighted by Crippen LogP contribution is -2.37. The Morgan fingerprint density at radius 1 is 1.31 bits per heavy atom. The van der Waals surface area contributed by atoms with Crippen LogP contribution in [0.25, 0.3) is 0 Å². The Morgan fingerprint density at radius 3 is 2.77 bits per heavy atom. The fourth-order valence-electron chi connectivity index (χ4n) is 3.66. The van der Waals surface area contributed by atoms with Crippen molar-refractivity contribution in [2.45, 2.75) is 45.6 Å². The number of carbonyl (C=O) groups is 2. The molecule has 0 aliphatic carbocycles. The van der Waals surface area contributed by atoms with Crippen LogP contribution in [0.5, 0.6) is 0 Å². The number of hydrogen-bond donors (Lipinski definition) is 2. The Morgan fingerprint density at radius 2 is 2.08 bits per heavy atom. The zero-order chi connectivity index (χ0) is 19.1. The van der Waals surface area contributed by atoms with Crippen molar-refractivity contribution in [3.8, 4) is 0 Å². The number of anilines is 1. The van der Waals surface area contributed by atoms with Crippen LogP contribution in [-0.4, -0.2) is 66.1 Å². The number of rotatable bonds is 7. The van der Waals surface area contributed by atoms with Gasteiger partial charge in [-0.2, -0.15) is 0 Å². The highest BCUT2D eigenvalue weighted by Gasteiger charge is 2.23. The van der Waals surface area contributed by atoms with E-state index < -0.39 is 5.97 Å². The molecule has 2 rings (SSSR count). The lowest BCUT2D eigenvalue weighted by atomic mass is 10.1. The number of carboxylic acids is 1. The van der Waals surface area contributed by atoms with Crippen LogP contribution in [0.3, 0.4) is 0 Å². The number of aliphatic carboxylic acids is 1. The quantitative estimate of drug-likeness (QED) is 0.780. The molecule has 1 saturated heterocycles. The number of hydrogen-bond acceptors (Lipinski definition) is 4. The predicted molar refractivity (Wildman–Crippen MR) is 104 cm³/mol. The summed E-state index contributed by atoms with van der Waals surface area (Å²) in [4.78, 5) is 27.5. The van der Waals surface area contributed by atoms with Crippen molar-refractivity contribution < 1.29 is 14.7 Å². The molecule has 1 fully saturated rings. The summed E-state index contributed by atoms with van der Waals surface area (Å²) in [5, 5.41) is 12.0. The van der Waals surface area contributed by atoms with E-state index in [0.717, 1.165) is 55.6 Å². The minimum atomic E-state index is -0.794. The summed E-state index contributed by atoms with van der Waals surface area (Å²) in [7, 11) is 1.87. The number of para-hydroxylation sites is 1. The molecule has 0 radical (unpaired) electrons. The van der Waals surface area contributed by atoms with Gasteiger partial charge < -0.3 is 10.4 Å². The van der Waals surface area contributed by atoms with Gasteiger partial charge >= 0.3 is 5.97 Å². The number of likely N-dealkylation sites (N-methyl/N-ethyl adjacent to an activating group) is 1.